The standard InChI is InChI=1S/C9H13FN2O2/c1-4(13)8(12)6-2-5(10)3-7(11)9(6)14/h2-4,8,13-14H,11-12H2,1H3. The molecule has 0 aromatic heterocycles. The Labute approximate surface area is 81.0 Å². The Morgan fingerprint density at radius 1 is 1.43 bits per heavy atom. The molecule has 0 fully saturated rings. The maximum absolute atomic E-state index is 12.9. The number of phenols is 1. The molecule has 5 heteroatoms. The van der Waals surface area contributed by atoms with Crippen molar-refractivity contribution in [2.24, 2.45) is 5.73 Å². The second kappa shape index (κ2) is 3.81. The highest BCUT2D eigenvalue weighted by Crippen LogP contribution is 2.31. The van der Waals surface area contributed by atoms with Gasteiger partial charge in [0.1, 0.15) is 11.6 Å². The van der Waals surface area contributed by atoms with E-state index in [4.69, 9.17) is 11.5 Å². The number of nitrogen functional groups attached to an aromatic ring is 1. The van der Waals surface area contributed by atoms with Gasteiger partial charge in [0.15, 0.2) is 0 Å². The van der Waals surface area contributed by atoms with E-state index in [0.717, 1.165) is 12.1 Å². The summed E-state index contributed by atoms with van der Waals surface area (Å²) in [6.45, 7) is 1.45. The van der Waals surface area contributed by atoms with E-state index in [2.05, 4.69) is 0 Å². The summed E-state index contributed by atoms with van der Waals surface area (Å²) in [6, 6.07) is 1.20. The number of aromatic hydroxyl groups is 1. The van der Waals surface area contributed by atoms with Gasteiger partial charge in [0, 0.05) is 11.6 Å². The number of halogens is 1. The molecule has 0 amide bonds. The molecule has 0 bridgehead atoms. The second-order valence-corrected chi connectivity index (χ2v) is 3.20. The smallest absolute Gasteiger partial charge is 0.143 e. The van der Waals surface area contributed by atoms with E-state index in [9.17, 15) is 14.6 Å². The number of aliphatic hydroxyl groups excluding tert-OH is 1. The van der Waals surface area contributed by atoms with E-state index >= 15 is 0 Å². The Balaban J connectivity index is 3.20. The van der Waals surface area contributed by atoms with Gasteiger partial charge in [0.05, 0.1) is 17.8 Å². The third kappa shape index (κ3) is 1.94. The van der Waals surface area contributed by atoms with Crippen LogP contribution < -0.4 is 11.5 Å². The van der Waals surface area contributed by atoms with Crippen molar-refractivity contribution in [1.82, 2.24) is 0 Å². The maximum atomic E-state index is 12.9. The van der Waals surface area contributed by atoms with Crippen LogP contribution in [0.5, 0.6) is 5.75 Å². The van der Waals surface area contributed by atoms with E-state index in [-0.39, 0.29) is 17.0 Å². The number of hydrogen-bond donors (Lipinski definition) is 4. The van der Waals surface area contributed by atoms with Crippen LogP contribution in [-0.4, -0.2) is 16.3 Å². The van der Waals surface area contributed by atoms with Crippen LogP contribution >= 0.6 is 0 Å². The molecule has 0 aliphatic rings. The summed E-state index contributed by atoms with van der Waals surface area (Å²) in [5, 5.41) is 18.6. The molecule has 14 heavy (non-hydrogen) atoms. The lowest BCUT2D eigenvalue weighted by Gasteiger charge is -2.17. The van der Waals surface area contributed by atoms with Crippen molar-refractivity contribution >= 4 is 5.69 Å². The van der Waals surface area contributed by atoms with Gasteiger partial charge in [-0.15, -0.1) is 0 Å². The minimum Gasteiger partial charge on any atom is -0.505 e. The molecule has 0 saturated heterocycles. The Bertz CT molecular complexity index is 342. The van der Waals surface area contributed by atoms with Crippen molar-refractivity contribution in [3.63, 3.8) is 0 Å². The normalized spacial score (nSPS) is 15.1. The van der Waals surface area contributed by atoms with Crippen molar-refractivity contribution in [3.05, 3.63) is 23.5 Å². The summed E-state index contributed by atoms with van der Waals surface area (Å²) < 4.78 is 12.9. The lowest BCUT2D eigenvalue weighted by atomic mass is 10.0. The highest BCUT2D eigenvalue weighted by Gasteiger charge is 2.18. The predicted octanol–water partition coefficient (Wildman–Crippen LogP) is 0.494. The van der Waals surface area contributed by atoms with Crippen molar-refractivity contribution < 1.29 is 14.6 Å². The summed E-state index contributed by atoms with van der Waals surface area (Å²) >= 11 is 0. The Morgan fingerprint density at radius 3 is 2.50 bits per heavy atom. The van der Waals surface area contributed by atoms with Gasteiger partial charge in [0.25, 0.3) is 0 Å². The monoisotopic (exact) mass is 200 g/mol. The fourth-order valence-corrected chi connectivity index (χ4v) is 1.16. The molecule has 0 heterocycles. The minimum absolute atomic E-state index is 0.0869. The summed E-state index contributed by atoms with van der Waals surface area (Å²) in [5.74, 6) is -0.869. The first-order valence-electron chi connectivity index (χ1n) is 4.15. The molecule has 0 radical (unpaired) electrons. The van der Waals surface area contributed by atoms with Gasteiger partial charge < -0.3 is 21.7 Å². The summed E-state index contributed by atoms with van der Waals surface area (Å²) in [6.07, 6.45) is -0.887. The summed E-state index contributed by atoms with van der Waals surface area (Å²) in [4.78, 5) is 0. The number of hydrogen-bond acceptors (Lipinski definition) is 4. The molecule has 78 valence electrons. The zero-order valence-electron chi connectivity index (χ0n) is 7.74. The topological polar surface area (TPSA) is 92.5 Å². The molecule has 1 aromatic carbocycles. The summed E-state index contributed by atoms with van der Waals surface area (Å²) in [7, 11) is 0. The number of anilines is 1. The first-order valence-corrected chi connectivity index (χ1v) is 4.15. The highest BCUT2D eigenvalue weighted by atomic mass is 19.1. The van der Waals surface area contributed by atoms with Crippen LogP contribution in [-0.2, 0) is 0 Å². The first-order chi connectivity index (χ1) is 6.43. The van der Waals surface area contributed by atoms with Gasteiger partial charge in [-0.1, -0.05) is 0 Å². The average Bonchev–Trinajstić information content (AvgIpc) is 2.09. The largest absolute Gasteiger partial charge is 0.505 e. The molecule has 0 aliphatic carbocycles. The molecule has 0 aliphatic heterocycles. The number of aliphatic hydroxyl groups is 1. The van der Waals surface area contributed by atoms with Crippen LogP contribution in [0, 0.1) is 5.82 Å². The lowest BCUT2D eigenvalue weighted by molar-refractivity contribution is 0.162. The molecule has 0 spiro atoms. The first kappa shape index (κ1) is 10.7. The SMILES string of the molecule is CC(O)C(N)c1cc(F)cc(N)c1O. The second-order valence-electron chi connectivity index (χ2n) is 3.20. The van der Waals surface area contributed by atoms with Crippen LogP contribution in [0.3, 0.4) is 0 Å². The Hall–Kier alpha value is -1.33. The third-order valence-electron chi connectivity index (χ3n) is 2.01. The lowest BCUT2D eigenvalue weighted by Crippen LogP contribution is -2.23. The van der Waals surface area contributed by atoms with Gasteiger partial charge in [-0.2, -0.15) is 0 Å². The van der Waals surface area contributed by atoms with Gasteiger partial charge >= 0.3 is 0 Å². The van der Waals surface area contributed by atoms with Crippen molar-refractivity contribution in [2.75, 3.05) is 5.73 Å². The zero-order valence-corrected chi connectivity index (χ0v) is 7.74. The maximum Gasteiger partial charge on any atom is 0.143 e. The van der Waals surface area contributed by atoms with E-state index in [0.29, 0.717) is 0 Å². The fraction of sp³-hybridized carbons (Fsp3) is 0.333. The molecule has 2 atom stereocenters. The van der Waals surface area contributed by atoms with Crippen LogP contribution in [0.15, 0.2) is 12.1 Å². The van der Waals surface area contributed by atoms with Crippen molar-refractivity contribution in [2.45, 2.75) is 19.1 Å². The fourth-order valence-electron chi connectivity index (χ4n) is 1.16. The van der Waals surface area contributed by atoms with Crippen LogP contribution in [0.25, 0.3) is 0 Å². The number of nitrogens with two attached hydrogens (primary N) is 2. The van der Waals surface area contributed by atoms with Crippen molar-refractivity contribution in [1.29, 1.82) is 0 Å². The van der Waals surface area contributed by atoms with Crippen molar-refractivity contribution in [3.8, 4) is 5.75 Å². The molecule has 4 nitrogen and oxygen atoms in total. The summed E-state index contributed by atoms with van der Waals surface area (Å²) in [5.41, 5.74) is 10.9. The Morgan fingerprint density at radius 2 is 2.00 bits per heavy atom. The minimum atomic E-state index is -0.887. The molecular weight excluding hydrogens is 187 g/mol. The van der Waals surface area contributed by atoms with E-state index in [1.165, 1.54) is 6.92 Å². The van der Waals surface area contributed by atoms with E-state index < -0.39 is 18.0 Å². The number of benzene rings is 1. The van der Waals surface area contributed by atoms with E-state index in [1.54, 1.807) is 0 Å². The van der Waals surface area contributed by atoms with Gasteiger partial charge in [-0.05, 0) is 13.0 Å². The van der Waals surface area contributed by atoms with Crippen LogP contribution in [0.2, 0.25) is 0 Å². The van der Waals surface area contributed by atoms with Gasteiger partial charge in [-0.3, -0.25) is 0 Å². The predicted molar refractivity (Wildman–Crippen MR) is 51.1 cm³/mol. The molecular formula is C9H13FN2O2. The van der Waals surface area contributed by atoms with Gasteiger partial charge in [-0.25, -0.2) is 4.39 Å². The molecule has 1 rings (SSSR count). The quantitative estimate of drug-likeness (QED) is 0.413. The molecule has 2 unspecified atom stereocenters. The number of phenolic OH excluding ortho intramolecular Hbond substituents is 1. The van der Waals surface area contributed by atoms with E-state index in [1.807, 2.05) is 0 Å². The van der Waals surface area contributed by atoms with Crippen LogP contribution in [0.4, 0.5) is 10.1 Å². The number of rotatable bonds is 2. The average molecular weight is 200 g/mol. The molecule has 1 aromatic rings. The van der Waals surface area contributed by atoms with Crippen LogP contribution in [0.1, 0.15) is 18.5 Å². The third-order valence-corrected chi connectivity index (χ3v) is 2.01. The highest BCUT2D eigenvalue weighted by molar-refractivity contribution is 5.57. The molecule has 6 N–H and O–H groups in total. The van der Waals surface area contributed by atoms with Gasteiger partial charge in [0.2, 0.25) is 0 Å². The Kier molecular flexibility index (Phi) is 2.93. The molecule has 0 saturated carbocycles. The zero-order chi connectivity index (χ0) is 10.9.